The first-order valence-corrected chi connectivity index (χ1v) is 5.73. The Hall–Kier alpha value is -1.81. The van der Waals surface area contributed by atoms with Crippen LogP contribution in [0.5, 0.6) is 0 Å². The quantitative estimate of drug-likeness (QED) is 0.808. The van der Waals surface area contributed by atoms with Gasteiger partial charge in [0.05, 0.1) is 24.6 Å². The molecule has 1 N–H and O–H groups in total. The summed E-state index contributed by atoms with van der Waals surface area (Å²) in [6, 6.07) is 7.88. The summed E-state index contributed by atoms with van der Waals surface area (Å²) in [6.07, 6.45) is 0.698. The molecule has 0 aliphatic carbocycles. The van der Waals surface area contributed by atoms with E-state index in [0.29, 0.717) is 19.6 Å². The van der Waals surface area contributed by atoms with Gasteiger partial charge in [0.15, 0.2) is 0 Å². The Bertz CT molecular complexity index is 593. The molecule has 0 atom stereocenters. The van der Waals surface area contributed by atoms with Gasteiger partial charge >= 0.3 is 0 Å². The second-order valence-corrected chi connectivity index (χ2v) is 4.35. The minimum atomic E-state index is 0.0483. The van der Waals surface area contributed by atoms with Crippen LogP contribution in [-0.2, 0) is 17.8 Å². The van der Waals surface area contributed by atoms with E-state index in [4.69, 9.17) is 4.74 Å². The van der Waals surface area contributed by atoms with Crippen LogP contribution in [0.15, 0.2) is 29.1 Å². The molecule has 0 unspecified atom stereocenters. The zero-order valence-corrected chi connectivity index (χ0v) is 9.69. The molecule has 0 saturated heterocycles. The third-order valence-corrected chi connectivity index (χ3v) is 3.11. The Balaban J connectivity index is 2.12. The molecule has 0 saturated carbocycles. The zero-order valence-electron chi connectivity index (χ0n) is 9.69. The van der Waals surface area contributed by atoms with Gasteiger partial charge in [0.1, 0.15) is 0 Å². The summed E-state index contributed by atoms with van der Waals surface area (Å²) in [5.41, 5.74) is 3.86. The van der Waals surface area contributed by atoms with Crippen molar-refractivity contribution < 1.29 is 4.74 Å². The van der Waals surface area contributed by atoms with Crippen LogP contribution in [0, 0.1) is 6.92 Å². The van der Waals surface area contributed by atoms with Crippen molar-refractivity contribution in [2.45, 2.75) is 20.0 Å². The van der Waals surface area contributed by atoms with Crippen LogP contribution in [-0.4, -0.2) is 16.4 Å². The fraction of sp³-hybridized carbons (Fsp3) is 0.308. The summed E-state index contributed by atoms with van der Waals surface area (Å²) in [6.45, 7) is 3.16. The summed E-state index contributed by atoms with van der Waals surface area (Å²) < 4.78 is 6.93. The van der Waals surface area contributed by atoms with Crippen LogP contribution >= 0.6 is 0 Å². The lowest BCUT2D eigenvalue weighted by Crippen LogP contribution is -2.19. The zero-order chi connectivity index (χ0) is 11.8. The van der Waals surface area contributed by atoms with Crippen LogP contribution in [0.1, 0.15) is 16.8 Å². The number of nitrogens with zero attached hydrogens (tertiary/aromatic N) is 1. The van der Waals surface area contributed by atoms with Gasteiger partial charge in [0.2, 0.25) is 0 Å². The third-order valence-electron chi connectivity index (χ3n) is 3.11. The Kier molecular flexibility index (Phi) is 2.37. The lowest BCUT2D eigenvalue weighted by Gasteiger charge is -2.08. The molecule has 0 fully saturated rings. The van der Waals surface area contributed by atoms with Crippen molar-refractivity contribution in [3.63, 3.8) is 0 Å². The van der Waals surface area contributed by atoms with E-state index in [1.807, 2.05) is 31.2 Å². The maximum absolute atomic E-state index is 12.2. The first kappa shape index (κ1) is 10.4. The van der Waals surface area contributed by atoms with Crippen molar-refractivity contribution >= 4 is 0 Å². The van der Waals surface area contributed by atoms with Crippen molar-refractivity contribution in [1.82, 2.24) is 9.78 Å². The molecule has 0 bridgehead atoms. The Morgan fingerprint density at radius 3 is 2.76 bits per heavy atom. The second kappa shape index (κ2) is 3.89. The molecular weight excluding hydrogens is 216 g/mol. The molecule has 17 heavy (non-hydrogen) atoms. The van der Waals surface area contributed by atoms with Gasteiger partial charge in [-0.2, -0.15) is 0 Å². The summed E-state index contributed by atoms with van der Waals surface area (Å²) in [5.74, 6) is 0. The van der Waals surface area contributed by atoms with E-state index in [9.17, 15) is 4.79 Å². The molecule has 3 rings (SSSR count). The van der Waals surface area contributed by atoms with Gasteiger partial charge in [0, 0.05) is 12.0 Å². The topological polar surface area (TPSA) is 47.0 Å². The Labute approximate surface area is 98.8 Å². The van der Waals surface area contributed by atoms with Gasteiger partial charge in [-0.25, -0.2) is 4.68 Å². The molecule has 1 aliphatic heterocycles. The van der Waals surface area contributed by atoms with Gasteiger partial charge in [0.25, 0.3) is 5.56 Å². The molecule has 0 radical (unpaired) electrons. The highest BCUT2D eigenvalue weighted by molar-refractivity contribution is 5.35. The number of aryl methyl sites for hydroxylation is 1. The average Bonchev–Trinajstić information content (AvgIpc) is 2.69. The maximum Gasteiger partial charge on any atom is 0.274 e. The molecule has 1 aromatic carbocycles. The molecule has 1 aromatic heterocycles. The first-order chi connectivity index (χ1) is 8.25. The van der Waals surface area contributed by atoms with Crippen LogP contribution in [0.4, 0.5) is 0 Å². The van der Waals surface area contributed by atoms with E-state index in [2.05, 4.69) is 5.10 Å². The predicted octanol–water partition coefficient (Wildman–Crippen LogP) is 1.55. The van der Waals surface area contributed by atoms with Gasteiger partial charge in [-0.05, 0) is 19.1 Å². The van der Waals surface area contributed by atoms with Crippen LogP contribution < -0.4 is 5.56 Å². The van der Waals surface area contributed by atoms with Crippen LogP contribution in [0.25, 0.3) is 5.69 Å². The lowest BCUT2D eigenvalue weighted by molar-refractivity contribution is 0.108. The Morgan fingerprint density at radius 1 is 1.29 bits per heavy atom. The molecule has 1 aliphatic rings. The number of benzene rings is 1. The molecule has 2 aromatic rings. The molecule has 4 nitrogen and oxygen atoms in total. The molecule has 2 heterocycles. The maximum atomic E-state index is 12.2. The van der Waals surface area contributed by atoms with Crippen molar-refractivity contribution in [1.29, 1.82) is 0 Å². The van der Waals surface area contributed by atoms with Crippen LogP contribution in [0.2, 0.25) is 0 Å². The molecular formula is C13H14N2O2. The minimum Gasteiger partial charge on any atom is -0.375 e. The fourth-order valence-corrected chi connectivity index (χ4v) is 2.12. The molecule has 4 heteroatoms. The monoisotopic (exact) mass is 230 g/mol. The molecule has 88 valence electrons. The van der Waals surface area contributed by atoms with Crippen molar-refractivity contribution in [3.8, 4) is 5.69 Å². The van der Waals surface area contributed by atoms with E-state index in [1.54, 1.807) is 4.68 Å². The van der Waals surface area contributed by atoms with Gasteiger partial charge in [-0.3, -0.25) is 9.89 Å². The normalized spacial score (nSPS) is 14.6. The van der Waals surface area contributed by atoms with Crippen LogP contribution in [0.3, 0.4) is 0 Å². The number of fused-ring (bicyclic) bond motifs is 1. The summed E-state index contributed by atoms with van der Waals surface area (Å²) >= 11 is 0. The number of aromatic amines is 1. The van der Waals surface area contributed by atoms with Crippen molar-refractivity contribution in [2.24, 2.45) is 0 Å². The smallest absolute Gasteiger partial charge is 0.274 e. The molecule has 0 spiro atoms. The number of ether oxygens (including phenoxy) is 1. The van der Waals surface area contributed by atoms with Gasteiger partial charge in [-0.1, -0.05) is 17.7 Å². The first-order valence-electron chi connectivity index (χ1n) is 5.73. The highest BCUT2D eigenvalue weighted by Gasteiger charge is 2.18. The highest BCUT2D eigenvalue weighted by Crippen LogP contribution is 2.13. The van der Waals surface area contributed by atoms with E-state index in [-0.39, 0.29) is 5.56 Å². The number of H-pyrrole nitrogens is 1. The number of hydrogen-bond acceptors (Lipinski definition) is 2. The Morgan fingerprint density at radius 2 is 2.06 bits per heavy atom. The summed E-state index contributed by atoms with van der Waals surface area (Å²) in [7, 11) is 0. The van der Waals surface area contributed by atoms with E-state index >= 15 is 0 Å². The number of aromatic nitrogens is 2. The fourth-order valence-electron chi connectivity index (χ4n) is 2.12. The predicted molar refractivity (Wildman–Crippen MR) is 64.5 cm³/mol. The summed E-state index contributed by atoms with van der Waals surface area (Å²) in [5, 5.41) is 3.12. The molecule has 0 amide bonds. The largest absolute Gasteiger partial charge is 0.375 e. The number of hydrogen-bond donors (Lipinski definition) is 1. The number of nitrogens with one attached hydrogen (secondary N) is 1. The van der Waals surface area contributed by atoms with Crippen molar-refractivity contribution in [2.75, 3.05) is 6.61 Å². The van der Waals surface area contributed by atoms with E-state index < -0.39 is 0 Å². The average molecular weight is 230 g/mol. The van der Waals surface area contributed by atoms with E-state index in [1.165, 1.54) is 5.56 Å². The standard InChI is InChI=1S/C13H14N2O2/c1-9-2-4-10(5-3-9)15-13(16)11-6-7-17-8-12(11)14-15/h2-5,14H,6-8H2,1H3. The van der Waals surface area contributed by atoms with Gasteiger partial charge < -0.3 is 4.74 Å². The lowest BCUT2D eigenvalue weighted by atomic mass is 10.1. The van der Waals surface area contributed by atoms with E-state index in [0.717, 1.165) is 16.9 Å². The third kappa shape index (κ3) is 1.70. The SMILES string of the molecule is Cc1ccc(-n2[nH]c3c(c2=O)CCOC3)cc1. The second-order valence-electron chi connectivity index (χ2n) is 4.35. The minimum absolute atomic E-state index is 0.0483. The van der Waals surface area contributed by atoms with Crippen molar-refractivity contribution in [3.05, 3.63) is 51.4 Å². The highest BCUT2D eigenvalue weighted by atomic mass is 16.5. The van der Waals surface area contributed by atoms with Gasteiger partial charge in [-0.15, -0.1) is 0 Å². The number of rotatable bonds is 1. The summed E-state index contributed by atoms with van der Waals surface area (Å²) in [4.78, 5) is 12.2.